The van der Waals surface area contributed by atoms with Crippen molar-refractivity contribution in [3.8, 4) is 0 Å². The summed E-state index contributed by atoms with van der Waals surface area (Å²) in [6, 6.07) is 21.0. The average molecular weight is 439 g/mol. The third kappa shape index (κ3) is 9.14. The number of rotatable bonds is 10. The van der Waals surface area contributed by atoms with E-state index < -0.39 is 17.7 Å². The van der Waals surface area contributed by atoms with E-state index in [1.807, 2.05) is 60.7 Å². The van der Waals surface area contributed by atoms with Crippen LogP contribution in [0.15, 0.2) is 72.9 Å². The first kappa shape index (κ1) is 24.8. The number of hydrogen-bond acceptors (Lipinski definition) is 5. The highest BCUT2D eigenvalue weighted by molar-refractivity contribution is 5.75. The van der Waals surface area contributed by atoms with Crippen LogP contribution in [0, 0.1) is 5.82 Å². The Kier molecular flexibility index (Phi) is 10.7. The summed E-state index contributed by atoms with van der Waals surface area (Å²) in [4.78, 5) is 14.8. The van der Waals surface area contributed by atoms with Gasteiger partial charge in [-0.1, -0.05) is 60.7 Å². The fourth-order valence-electron chi connectivity index (χ4n) is 2.93. The van der Waals surface area contributed by atoms with Gasteiger partial charge in [0.25, 0.3) is 0 Å². The van der Waals surface area contributed by atoms with Gasteiger partial charge in [0.2, 0.25) is 0 Å². The van der Waals surface area contributed by atoms with Gasteiger partial charge >= 0.3 is 5.97 Å². The van der Waals surface area contributed by atoms with Gasteiger partial charge in [0.05, 0.1) is 17.8 Å². The van der Waals surface area contributed by atoms with Crippen LogP contribution in [0.3, 0.4) is 0 Å². The van der Waals surface area contributed by atoms with Crippen LogP contribution in [0.4, 0.5) is 15.9 Å². The molecule has 3 aromatic rings. The summed E-state index contributed by atoms with van der Waals surface area (Å²) in [6.07, 6.45) is 2.77. The molecule has 1 unspecified atom stereocenters. The molecular formula is C25H31FN4O2. The summed E-state index contributed by atoms with van der Waals surface area (Å²) < 4.78 is 13.1. The Labute approximate surface area is 188 Å². The number of anilines is 2. The van der Waals surface area contributed by atoms with Gasteiger partial charge < -0.3 is 21.5 Å². The number of pyridine rings is 1. The smallest absolute Gasteiger partial charge is 0.310 e. The molecule has 0 aliphatic heterocycles. The van der Waals surface area contributed by atoms with E-state index in [0.717, 1.165) is 43.3 Å². The number of aromatic nitrogens is 1. The van der Waals surface area contributed by atoms with Crippen LogP contribution in [0.25, 0.3) is 0 Å². The zero-order chi connectivity index (χ0) is 23.2. The first-order valence-electron chi connectivity index (χ1n) is 10.6. The minimum absolute atomic E-state index is 0.287. The Morgan fingerprint density at radius 2 is 1.75 bits per heavy atom. The number of halogens is 1. The molecule has 1 heterocycles. The van der Waals surface area contributed by atoms with Crippen molar-refractivity contribution in [1.29, 1.82) is 0 Å². The number of nitrogens with zero attached hydrogens (tertiary/aromatic N) is 1. The fourth-order valence-corrected chi connectivity index (χ4v) is 2.93. The van der Waals surface area contributed by atoms with Crippen molar-refractivity contribution >= 4 is 17.5 Å². The predicted octanol–water partition coefficient (Wildman–Crippen LogP) is 4.31. The lowest BCUT2D eigenvalue weighted by Gasteiger charge is -2.10. The van der Waals surface area contributed by atoms with Crippen LogP contribution < -0.4 is 16.4 Å². The topological polar surface area (TPSA) is 100 Å². The maximum atomic E-state index is 13.1. The van der Waals surface area contributed by atoms with E-state index >= 15 is 0 Å². The lowest BCUT2D eigenvalue weighted by molar-refractivity contribution is -0.138. The van der Waals surface area contributed by atoms with Gasteiger partial charge in [0, 0.05) is 12.6 Å². The second kappa shape index (κ2) is 13.8. The van der Waals surface area contributed by atoms with Crippen molar-refractivity contribution in [2.75, 3.05) is 30.7 Å². The summed E-state index contributed by atoms with van der Waals surface area (Å²) in [5, 5.41) is 15.5. The SMILES string of the molecule is CC(C(=O)O)c1cccc(CCNCCCNc2cc(F)cnc2N)c1.c1ccccc1. The second-order valence-corrected chi connectivity index (χ2v) is 7.33. The molecule has 0 spiro atoms. The summed E-state index contributed by atoms with van der Waals surface area (Å²) in [7, 11) is 0. The molecule has 0 amide bonds. The summed E-state index contributed by atoms with van der Waals surface area (Å²) in [5.41, 5.74) is 8.12. The van der Waals surface area contributed by atoms with Crippen molar-refractivity contribution in [3.05, 3.63) is 89.9 Å². The van der Waals surface area contributed by atoms with E-state index in [-0.39, 0.29) is 5.82 Å². The van der Waals surface area contributed by atoms with Gasteiger partial charge in [0.15, 0.2) is 0 Å². The molecule has 170 valence electrons. The fraction of sp³-hybridized carbons (Fsp3) is 0.280. The van der Waals surface area contributed by atoms with Crippen LogP contribution in [-0.4, -0.2) is 35.7 Å². The average Bonchev–Trinajstić information content (AvgIpc) is 2.81. The van der Waals surface area contributed by atoms with E-state index in [0.29, 0.717) is 12.2 Å². The third-order valence-corrected chi connectivity index (χ3v) is 4.81. The first-order chi connectivity index (χ1) is 15.5. The molecule has 0 aliphatic carbocycles. The number of carboxylic acid groups (broad SMARTS) is 1. The molecule has 6 nitrogen and oxygen atoms in total. The molecule has 0 bridgehead atoms. The van der Waals surface area contributed by atoms with Crippen molar-refractivity contribution in [2.45, 2.75) is 25.7 Å². The molecule has 7 heteroatoms. The van der Waals surface area contributed by atoms with Crippen LogP contribution >= 0.6 is 0 Å². The Balaban J connectivity index is 0.000000520. The zero-order valence-electron chi connectivity index (χ0n) is 18.3. The van der Waals surface area contributed by atoms with Gasteiger partial charge in [-0.2, -0.15) is 0 Å². The Bertz CT molecular complexity index is 927. The molecule has 3 rings (SSSR count). The van der Waals surface area contributed by atoms with Gasteiger partial charge in [0.1, 0.15) is 11.6 Å². The van der Waals surface area contributed by atoms with E-state index in [1.54, 1.807) is 6.92 Å². The molecule has 32 heavy (non-hydrogen) atoms. The number of benzene rings is 2. The maximum absolute atomic E-state index is 13.1. The van der Waals surface area contributed by atoms with E-state index in [4.69, 9.17) is 10.8 Å². The quantitative estimate of drug-likeness (QED) is 0.352. The minimum Gasteiger partial charge on any atom is -0.481 e. The Morgan fingerprint density at radius 3 is 2.41 bits per heavy atom. The number of nitrogen functional groups attached to an aromatic ring is 1. The van der Waals surface area contributed by atoms with Gasteiger partial charge in [-0.15, -0.1) is 0 Å². The van der Waals surface area contributed by atoms with Crippen LogP contribution in [0.5, 0.6) is 0 Å². The van der Waals surface area contributed by atoms with Crippen LogP contribution in [0.2, 0.25) is 0 Å². The predicted molar refractivity (Wildman–Crippen MR) is 127 cm³/mol. The monoisotopic (exact) mass is 438 g/mol. The van der Waals surface area contributed by atoms with E-state index in [1.165, 1.54) is 6.07 Å². The highest BCUT2D eigenvalue weighted by atomic mass is 19.1. The molecule has 1 aromatic heterocycles. The van der Waals surface area contributed by atoms with Gasteiger partial charge in [-0.05, 0) is 44.0 Å². The number of carboxylic acids is 1. The third-order valence-electron chi connectivity index (χ3n) is 4.81. The van der Waals surface area contributed by atoms with Crippen LogP contribution in [0.1, 0.15) is 30.4 Å². The second-order valence-electron chi connectivity index (χ2n) is 7.33. The van der Waals surface area contributed by atoms with Gasteiger partial charge in [-0.25, -0.2) is 9.37 Å². The molecular weight excluding hydrogens is 407 g/mol. The van der Waals surface area contributed by atoms with Crippen molar-refractivity contribution in [2.24, 2.45) is 0 Å². The first-order valence-corrected chi connectivity index (χ1v) is 10.6. The maximum Gasteiger partial charge on any atom is 0.310 e. The highest BCUT2D eigenvalue weighted by Gasteiger charge is 2.13. The molecule has 1 atom stereocenters. The van der Waals surface area contributed by atoms with E-state index in [9.17, 15) is 9.18 Å². The largest absolute Gasteiger partial charge is 0.481 e. The van der Waals surface area contributed by atoms with Gasteiger partial charge in [-0.3, -0.25) is 4.79 Å². The minimum atomic E-state index is -0.818. The van der Waals surface area contributed by atoms with Crippen molar-refractivity contribution in [3.63, 3.8) is 0 Å². The zero-order valence-corrected chi connectivity index (χ0v) is 18.3. The van der Waals surface area contributed by atoms with Crippen LogP contribution in [-0.2, 0) is 11.2 Å². The molecule has 2 aromatic carbocycles. The molecule has 0 saturated carbocycles. The lowest BCUT2D eigenvalue weighted by atomic mass is 9.98. The number of aliphatic carboxylic acids is 1. The van der Waals surface area contributed by atoms with Crippen molar-refractivity contribution < 1.29 is 14.3 Å². The van der Waals surface area contributed by atoms with Crippen molar-refractivity contribution in [1.82, 2.24) is 10.3 Å². The normalized spacial score (nSPS) is 11.2. The summed E-state index contributed by atoms with van der Waals surface area (Å²) in [5.74, 6) is -1.45. The standard InChI is InChI=1S/C19H25FN4O2.C6H6/c1-13(19(25)26)15-5-2-4-14(10-15)6-9-22-7-3-8-23-17-11-16(20)12-24-18(17)21;1-2-4-6-5-3-1/h2,4-5,10-13,22-23H,3,6-9H2,1H3,(H2,21,24)(H,25,26);1-6H. The number of carbonyl (C=O) groups is 1. The molecule has 0 radical (unpaired) electrons. The molecule has 0 saturated heterocycles. The molecule has 0 fully saturated rings. The summed E-state index contributed by atoms with van der Waals surface area (Å²) >= 11 is 0. The number of nitrogens with one attached hydrogen (secondary N) is 2. The van der Waals surface area contributed by atoms with E-state index in [2.05, 4.69) is 15.6 Å². The highest BCUT2D eigenvalue weighted by Crippen LogP contribution is 2.17. The molecule has 0 aliphatic rings. The number of hydrogen-bond donors (Lipinski definition) is 4. The summed E-state index contributed by atoms with van der Waals surface area (Å²) in [6.45, 7) is 3.96. The molecule has 5 N–H and O–H groups in total. The Hall–Kier alpha value is -3.45. The number of nitrogens with two attached hydrogens (primary N) is 1. The Morgan fingerprint density at radius 1 is 1.06 bits per heavy atom. The lowest BCUT2D eigenvalue weighted by Crippen LogP contribution is -2.21.